The fourth-order valence-corrected chi connectivity index (χ4v) is 3.37. The second-order valence-corrected chi connectivity index (χ2v) is 6.68. The van der Waals surface area contributed by atoms with Gasteiger partial charge in [-0.05, 0) is 13.8 Å². The van der Waals surface area contributed by atoms with Crippen molar-refractivity contribution in [2.24, 2.45) is 0 Å². The normalized spacial score (nSPS) is 13.5. The Morgan fingerprint density at radius 3 is 1.94 bits per heavy atom. The number of fused-ring (bicyclic) bond motifs is 1. The highest BCUT2D eigenvalue weighted by Crippen LogP contribution is 2.47. The number of aromatic nitrogens is 1. The maximum atomic E-state index is 12.5. The summed E-state index contributed by atoms with van der Waals surface area (Å²) in [6, 6.07) is 20.2. The summed E-state index contributed by atoms with van der Waals surface area (Å²) in [5, 5.41) is 0. The van der Waals surface area contributed by atoms with Gasteiger partial charge in [-0.25, -0.2) is 14.6 Å². The van der Waals surface area contributed by atoms with Crippen molar-refractivity contribution in [2.45, 2.75) is 19.6 Å². The van der Waals surface area contributed by atoms with E-state index in [0.29, 0.717) is 0 Å². The molecule has 7 nitrogen and oxygen atoms in total. The van der Waals surface area contributed by atoms with Crippen molar-refractivity contribution in [2.75, 3.05) is 13.2 Å². The van der Waals surface area contributed by atoms with Crippen LogP contribution in [0.2, 0.25) is 0 Å². The van der Waals surface area contributed by atoms with Gasteiger partial charge in [0.15, 0.2) is 11.4 Å². The summed E-state index contributed by atoms with van der Waals surface area (Å²) < 4.78 is 22.7. The van der Waals surface area contributed by atoms with Crippen LogP contribution in [0.3, 0.4) is 0 Å². The predicted molar refractivity (Wildman–Crippen MR) is 111 cm³/mol. The van der Waals surface area contributed by atoms with E-state index in [-0.39, 0.29) is 36.1 Å². The SMILES string of the molecule is CCOC(=O)c1cc2c(nc1C(=O)OCC)OC(c1ccccc1)(c1ccccc1)O2. The zero-order chi connectivity index (χ0) is 21.8. The van der Waals surface area contributed by atoms with Crippen LogP contribution in [-0.4, -0.2) is 30.1 Å². The van der Waals surface area contributed by atoms with Gasteiger partial charge in [-0.3, -0.25) is 0 Å². The first-order chi connectivity index (χ1) is 15.1. The Bertz CT molecular complexity index is 1010. The lowest BCUT2D eigenvalue weighted by molar-refractivity contribution is -0.0477. The van der Waals surface area contributed by atoms with E-state index in [0.717, 1.165) is 11.1 Å². The predicted octanol–water partition coefficient (Wildman–Crippen LogP) is 4.11. The second kappa shape index (κ2) is 8.47. The summed E-state index contributed by atoms with van der Waals surface area (Å²) in [4.78, 5) is 29.3. The molecular weight excluding hydrogens is 398 g/mol. The van der Waals surface area contributed by atoms with Gasteiger partial charge in [-0.2, -0.15) is 0 Å². The second-order valence-electron chi connectivity index (χ2n) is 6.68. The maximum absolute atomic E-state index is 12.5. The largest absolute Gasteiger partial charge is 0.462 e. The summed E-state index contributed by atoms with van der Waals surface area (Å²) in [7, 11) is 0. The molecule has 0 N–H and O–H groups in total. The van der Waals surface area contributed by atoms with Crippen LogP contribution in [0.5, 0.6) is 11.6 Å². The van der Waals surface area contributed by atoms with Gasteiger partial charge in [0.1, 0.15) is 0 Å². The molecule has 4 rings (SSSR count). The van der Waals surface area contributed by atoms with Gasteiger partial charge in [-0.1, -0.05) is 60.7 Å². The number of esters is 2. The van der Waals surface area contributed by atoms with Crippen molar-refractivity contribution >= 4 is 11.9 Å². The lowest BCUT2D eigenvalue weighted by Crippen LogP contribution is -2.36. The molecule has 0 aliphatic carbocycles. The smallest absolute Gasteiger partial charge is 0.357 e. The van der Waals surface area contributed by atoms with Crippen molar-refractivity contribution < 1.29 is 28.5 Å². The molecule has 7 heteroatoms. The highest BCUT2D eigenvalue weighted by molar-refractivity contribution is 6.02. The zero-order valence-electron chi connectivity index (χ0n) is 17.2. The molecule has 158 valence electrons. The molecule has 0 saturated heterocycles. The monoisotopic (exact) mass is 419 g/mol. The maximum Gasteiger partial charge on any atom is 0.357 e. The number of carbonyl (C=O) groups is 2. The molecule has 0 fully saturated rings. The third-order valence-electron chi connectivity index (χ3n) is 4.72. The Kier molecular flexibility index (Phi) is 5.58. The first-order valence-corrected chi connectivity index (χ1v) is 9.97. The quantitative estimate of drug-likeness (QED) is 0.556. The number of ether oxygens (including phenoxy) is 4. The third-order valence-corrected chi connectivity index (χ3v) is 4.72. The van der Waals surface area contributed by atoms with Crippen LogP contribution in [-0.2, 0) is 15.3 Å². The average Bonchev–Trinajstić information content (AvgIpc) is 3.19. The van der Waals surface area contributed by atoms with E-state index in [4.69, 9.17) is 18.9 Å². The minimum Gasteiger partial charge on any atom is -0.462 e. The van der Waals surface area contributed by atoms with Crippen LogP contribution >= 0.6 is 0 Å². The number of nitrogens with zero attached hydrogens (tertiary/aromatic N) is 1. The van der Waals surface area contributed by atoms with E-state index in [1.54, 1.807) is 13.8 Å². The molecule has 0 saturated carbocycles. The summed E-state index contributed by atoms with van der Waals surface area (Å²) >= 11 is 0. The summed E-state index contributed by atoms with van der Waals surface area (Å²) in [6.07, 6.45) is 0. The van der Waals surface area contributed by atoms with Crippen molar-refractivity contribution in [1.82, 2.24) is 4.98 Å². The third kappa shape index (κ3) is 3.70. The summed E-state index contributed by atoms with van der Waals surface area (Å²) in [5.41, 5.74) is 1.24. The van der Waals surface area contributed by atoms with E-state index < -0.39 is 17.7 Å². The lowest BCUT2D eigenvalue weighted by Gasteiger charge is -2.28. The molecule has 0 amide bonds. The molecule has 0 radical (unpaired) electrons. The standard InChI is InChI=1S/C24H21NO6/c1-3-28-22(26)18-15-19-21(25-20(18)23(27)29-4-2)31-24(30-19,16-11-7-5-8-12-16)17-13-9-6-10-14-17/h5-15H,3-4H2,1-2H3. The van der Waals surface area contributed by atoms with Crippen molar-refractivity contribution in [3.05, 3.63) is 89.1 Å². The molecule has 2 aromatic carbocycles. The molecule has 1 aliphatic rings. The van der Waals surface area contributed by atoms with Crippen LogP contribution < -0.4 is 9.47 Å². The molecule has 0 atom stereocenters. The van der Waals surface area contributed by atoms with Gasteiger partial charge in [0.25, 0.3) is 5.88 Å². The van der Waals surface area contributed by atoms with Gasteiger partial charge in [0.2, 0.25) is 0 Å². The fourth-order valence-electron chi connectivity index (χ4n) is 3.37. The Morgan fingerprint density at radius 2 is 1.39 bits per heavy atom. The molecule has 3 aromatic rings. The van der Waals surface area contributed by atoms with Crippen LogP contribution in [0.25, 0.3) is 0 Å². The number of benzene rings is 2. The van der Waals surface area contributed by atoms with Crippen LogP contribution in [0.4, 0.5) is 0 Å². The van der Waals surface area contributed by atoms with Gasteiger partial charge < -0.3 is 18.9 Å². The molecular formula is C24H21NO6. The first-order valence-electron chi connectivity index (χ1n) is 9.97. The van der Waals surface area contributed by atoms with Gasteiger partial charge in [0, 0.05) is 17.2 Å². The highest BCUT2D eigenvalue weighted by atomic mass is 16.7. The molecule has 1 aromatic heterocycles. The Labute approximate surface area is 179 Å². The van der Waals surface area contributed by atoms with Crippen molar-refractivity contribution in [3.63, 3.8) is 0 Å². The number of hydrogen-bond donors (Lipinski definition) is 0. The molecule has 0 bridgehead atoms. The molecule has 2 heterocycles. The van der Waals surface area contributed by atoms with Gasteiger partial charge >= 0.3 is 17.7 Å². The molecule has 0 unspecified atom stereocenters. The van der Waals surface area contributed by atoms with Crippen molar-refractivity contribution in [3.8, 4) is 11.6 Å². The van der Waals surface area contributed by atoms with E-state index >= 15 is 0 Å². The molecule has 0 spiro atoms. The highest BCUT2D eigenvalue weighted by Gasteiger charge is 2.47. The van der Waals surface area contributed by atoms with Gasteiger partial charge in [0.05, 0.1) is 18.8 Å². The molecule has 1 aliphatic heterocycles. The van der Waals surface area contributed by atoms with Crippen LogP contribution in [0.15, 0.2) is 66.7 Å². The topological polar surface area (TPSA) is 84.0 Å². The summed E-state index contributed by atoms with van der Waals surface area (Å²) in [6.45, 7) is 3.63. The minimum absolute atomic E-state index is 0.0421. The van der Waals surface area contributed by atoms with E-state index in [2.05, 4.69) is 4.98 Å². The number of pyridine rings is 1. The molecule has 31 heavy (non-hydrogen) atoms. The van der Waals surface area contributed by atoms with E-state index in [9.17, 15) is 9.59 Å². The van der Waals surface area contributed by atoms with Crippen molar-refractivity contribution in [1.29, 1.82) is 0 Å². The minimum atomic E-state index is -1.32. The fraction of sp³-hybridized carbons (Fsp3) is 0.208. The van der Waals surface area contributed by atoms with E-state index in [1.165, 1.54) is 6.07 Å². The average molecular weight is 419 g/mol. The Morgan fingerprint density at radius 1 is 0.839 bits per heavy atom. The van der Waals surface area contributed by atoms with Crippen LogP contribution in [0, 0.1) is 0 Å². The Balaban J connectivity index is 1.85. The first kappa shape index (κ1) is 20.4. The van der Waals surface area contributed by atoms with Crippen LogP contribution in [0.1, 0.15) is 45.8 Å². The van der Waals surface area contributed by atoms with E-state index in [1.807, 2.05) is 60.7 Å². The number of hydrogen-bond acceptors (Lipinski definition) is 7. The Hall–Kier alpha value is -3.87. The van der Waals surface area contributed by atoms with Gasteiger partial charge in [-0.15, -0.1) is 0 Å². The summed E-state index contributed by atoms with van der Waals surface area (Å²) in [5.74, 6) is -2.44. The zero-order valence-corrected chi connectivity index (χ0v) is 17.2. The number of carbonyl (C=O) groups excluding carboxylic acids is 2. The number of rotatable bonds is 6. The lowest BCUT2D eigenvalue weighted by atomic mass is 9.97.